The lowest BCUT2D eigenvalue weighted by atomic mass is 10.2. The molecule has 188 valence electrons. The zero-order chi connectivity index (χ0) is 24.8. The SMILES string of the molecule is CCCCCn1c(N2CCC[C@H]2C(=O)NCCCOC)cc(=O)n2cc(-c3ccc(Cl)cc3)nc12. The maximum Gasteiger partial charge on any atom is 0.261 e. The Labute approximate surface area is 210 Å². The molecule has 3 aromatic rings. The fourth-order valence-corrected chi connectivity index (χ4v) is 4.80. The molecule has 0 unspecified atom stereocenters. The average molecular weight is 500 g/mol. The van der Waals surface area contributed by atoms with Crippen LogP contribution in [0.15, 0.2) is 41.3 Å². The van der Waals surface area contributed by atoms with Gasteiger partial charge in [-0.3, -0.25) is 18.6 Å². The van der Waals surface area contributed by atoms with E-state index in [1.807, 2.05) is 24.3 Å². The van der Waals surface area contributed by atoms with Crippen molar-refractivity contribution in [3.05, 3.63) is 51.9 Å². The molecule has 1 aromatic carbocycles. The van der Waals surface area contributed by atoms with Gasteiger partial charge >= 0.3 is 0 Å². The van der Waals surface area contributed by atoms with E-state index in [9.17, 15) is 9.59 Å². The molecule has 2 aromatic heterocycles. The lowest BCUT2D eigenvalue weighted by Crippen LogP contribution is -2.45. The van der Waals surface area contributed by atoms with E-state index in [4.69, 9.17) is 21.3 Å². The van der Waals surface area contributed by atoms with Crippen LogP contribution in [0.25, 0.3) is 17.0 Å². The topological polar surface area (TPSA) is 80.9 Å². The number of aromatic nitrogens is 3. The fourth-order valence-electron chi connectivity index (χ4n) is 4.67. The second-order valence-electron chi connectivity index (χ2n) is 8.99. The monoisotopic (exact) mass is 499 g/mol. The van der Waals surface area contributed by atoms with Crippen LogP contribution >= 0.6 is 11.6 Å². The van der Waals surface area contributed by atoms with E-state index in [1.165, 1.54) is 0 Å². The van der Waals surface area contributed by atoms with E-state index in [-0.39, 0.29) is 17.5 Å². The summed E-state index contributed by atoms with van der Waals surface area (Å²) in [6, 6.07) is 8.80. The largest absolute Gasteiger partial charge is 0.385 e. The van der Waals surface area contributed by atoms with Crippen molar-refractivity contribution in [3.8, 4) is 11.3 Å². The number of aryl methyl sites for hydroxylation is 1. The Morgan fingerprint density at radius 2 is 2.03 bits per heavy atom. The van der Waals surface area contributed by atoms with Crippen LogP contribution in [0.5, 0.6) is 0 Å². The Balaban J connectivity index is 1.71. The van der Waals surface area contributed by atoms with Gasteiger partial charge in [0.15, 0.2) is 0 Å². The fraction of sp³-hybridized carbons (Fsp3) is 0.500. The first-order chi connectivity index (χ1) is 17.0. The molecule has 3 heterocycles. The number of carbonyl (C=O) groups excluding carboxylic acids is 1. The summed E-state index contributed by atoms with van der Waals surface area (Å²) < 4.78 is 8.79. The minimum absolute atomic E-state index is 0.00349. The van der Waals surface area contributed by atoms with Crippen molar-refractivity contribution in [2.24, 2.45) is 0 Å². The van der Waals surface area contributed by atoms with Crippen molar-refractivity contribution in [1.29, 1.82) is 0 Å². The number of nitrogens with zero attached hydrogens (tertiary/aromatic N) is 4. The number of fused-ring (bicyclic) bond motifs is 1. The molecule has 1 amide bonds. The molecule has 1 fully saturated rings. The van der Waals surface area contributed by atoms with Crippen LogP contribution in [0.1, 0.15) is 45.4 Å². The van der Waals surface area contributed by atoms with Gasteiger partial charge in [0.25, 0.3) is 5.56 Å². The molecule has 8 nitrogen and oxygen atoms in total. The number of methoxy groups -OCH3 is 1. The molecule has 0 radical (unpaired) electrons. The second-order valence-corrected chi connectivity index (χ2v) is 9.43. The van der Waals surface area contributed by atoms with Crippen molar-refractivity contribution < 1.29 is 9.53 Å². The zero-order valence-electron chi connectivity index (χ0n) is 20.5. The molecule has 1 saturated heterocycles. The molecule has 35 heavy (non-hydrogen) atoms. The van der Waals surface area contributed by atoms with Crippen molar-refractivity contribution in [2.75, 3.05) is 31.7 Å². The van der Waals surface area contributed by atoms with Crippen molar-refractivity contribution >= 4 is 29.1 Å². The number of amides is 1. The van der Waals surface area contributed by atoms with Crippen LogP contribution in [-0.2, 0) is 16.1 Å². The molecule has 9 heteroatoms. The van der Waals surface area contributed by atoms with Crippen LogP contribution in [0, 0.1) is 0 Å². The average Bonchev–Trinajstić information content (AvgIpc) is 3.52. The third-order valence-electron chi connectivity index (χ3n) is 6.49. The summed E-state index contributed by atoms with van der Waals surface area (Å²) >= 11 is 6.06. The predicted octanol–water partition coefficient (Wildman–Crippen LogP) is 4.13. The molecule has 0 aliphatic carbocycles. The standard InChI is InChI=1S/C26H34ClN5O3/c1-3-4-5-14-31-23(30-15-6-8-22(30)25(34)28-13-7-16-35-2)17-24(33)32-18-21(29-26(31)32)19-9-11-20(27)12-10-19/h9-12,17-18,22H,3-8,13-16H2,1-2H3,(H,28,34)/t22-/m0/s1. The Morgan fingerprint density at radius 3 is 2.77 bits per heavy atom. The number of halogens is 1. The Morgan fingerprint density at radius 1 is 1.23 bits per heavy atom. The number of anilines is 1. The normalized spacial score (nSPS) is 15.7. The number of benzene rings is 1. The molecule has 1 aliphatic rings. The first-order valence-electron chi connectivity index (χ1n) is 12.5. The highest BCUT2D eigenvalue weighted by Gasteiger charge is 2.33. The lowest BCUT2D eigenvalue weighted by Gasteiger charge is -2.29. The highest BCUT2D eigenvalue weighted by Crippen LogP contribution is 2.28. The molecule has 0 bridgehead atoms. The van der Waals surface area contributed by atoms with Gasteiger partial charge in [0, 0.05) is 56.2 Å². The van der Waals surface area contributed by atoms with Crippen molar-refractivity contribution in [3.63, 3.8) is 0 Å². The molecular weight excluding hydrogens is 466 g/mol. The maximum absolute atomic E-state index is 13.2. The Kier molecular flexibility index (Phi) is 8.46. The van der Waals surface area contributed by atoms with Crippen LogP contribution in [0.4, 0.5) is 5.82 Å². The van der Waals surface area contributed by atoms with E-state index >= 15 is 0 Å². The highest BCUT2D eigenvalue weighted by atomic mass is 35.5. The quantitative estimate of drug-likeness (QED) is 0.401. The Bertz CT molecular complexity index is 1200. The predicted molar refractivity (Wildman–Crippen MR) is 139 cm³/mol. The summed E-state index contributed by atoms with van der Waals surface area (Å²) in [5.41, 5.74) is 1.46. The molecule has 1 aliphatic heterocycles. The number of unbranched alkanes of at least 4 members (excludes halogenated alkanes) is 2. The summed E-state index contributed by atoms with van der Waals surface area (Å²) in [7, 11) is 1.66. The summed E-state index contributed by atoms with van der Waals surface area (Å²) in [5.74, 6) is 1.36. The van der Waals surface area contributed by atoms with Gasteiger partial charge in [-0.1, -0.05) is 43.5 Å². The summed E-state index contributed by atoms with van der Waals surface area (Å²) in [4.78, 5) is 33.2. The van der Waals surface area contributed by atoms with Crippen molar-refractivity contribution in [2.45, 2.75) is 58.0 Å². The maximum atomic E-state index is 13.2. The van der Waals surface area contributed by atoms with Gasteiger partial charge in [-0.15, -0.1) is 0 Å². The number of hydrogen-bond donors (Lipinski definition) is 1. The smallest absolute Gasteiger partial charge is 0.261 e. The van der Waals surface area contributed by atoms with Crippen LogP contribution in [-0.4, -0.2) is 52.7 Å². The number of rotatable bonds is 11. The Hall–Kier alpha value is -2.84. The van der Waals surface area contributed by atoms with Gasteiger partial charge in [0.05, 0.1) is 5.69 Å². The number of hydrogen-bond acceptors (Lipinski definition) is 5. The molecule has 1 N–H and O–H groups in total. The van der Waals surface area contributed by atoms with E-state index < -0.39 is 0 Å². The summed E-state index contributed by atoms with van der Waals surface area (Å²) in [6.07, 6.45) is 7.34. The number of carbonyl (C=O) groups is 1. The molecule has 0 spiro atoms. The van der Waals surface area contributed by atoms with Crippen LogP contribution in [0.3, 0.4) is 0 Å². The van der Waals surface area contributed by atoms with Gasteiger partial charge in [0.1, 0.15) is 11.9 Å². The second kappa shape index (κ2) is 11.7. The van der Waals surface area contributed by atoms with Crippen LogP contribution in [0.2, 0.25) is 5.02 Å². The molecule has 1 atom stereocenters. The number of imidazole rings is 1. The van der Waals surface area contributed by atoms with Crippen LogP contribution < -0.4 is 15.8 Å². The number of nitrogens with one attached hydrogen (secondary N) is 1. The van der Waals surface area contributed by atoms with Gasteiger partial charge in [0.2, 0.25) is 11.7 Å². The minimum Gasteiger partial charge on any atom is -0.385 e. The van der Waals surface area contributed by atoms with Gasteiger partial charge in [-0.2, -0.15) is 0 Å². The third-order valence-corrected chi connectivity index (χ3v) is 6.75. The first-order valence-corrected chi connectivity index (χ1v) is 12.8. The molecule has 0 saturated carbocycles. The summed E-state index contributed by atoms with van der Waals surface area (Å²) in [5, 5.41) is 3.69. The minimum atomic E-state index is -0.303. The third kappa shape index (κ3) is 5.70. The van der Waals surface area contributed by atoms with E-state index in [1.54, 1.807) is 23.8 Å². The van der Waals surface area contributed by atoms with E-state index in [0.29, 0.717) is 29.6 Å². The zero-order valence-corrected chi connectivity index (χ0v) is 21.3. The molecule has 4 rings (SSSR count). The highest BCUT2D eigenvalue weighted by molar-refractivity contribution is 6.30. The van der Waals surface area contributed by atoms with Gasteiger partial charge in [-0.05, 0) is 37.8 Å². The first kappa shape index (κ1) is 25.3. The van der Waals surface area contributed by atoms with Gasteiger partial charge < -0.3 is 15.0 Å². The molecular formula is C26H34ClN5O3. The number of ether oxygens (including phenoxy) is 1. The van der Waals surface area contributed by atoms with E-state index in [2.05, 4.69) is 21.7 Å². The lowest BCUT2D eigenvalue weighted by molar-refractivity contribution is -0.122. The van der Waals surface area contributed by atoms with E-state index in [0.717, 1.165) is 63.0 Å². The summed E-state index contributed by atoms with van der Waals surface area (Å²) in [6.45, 7) is 4.80. The van der Waals surface area contributed by atoms with Crippen molar-refractivity contribution in [1.82, 2.24) is 19.3 Å². The van der Waals surface area contributed by atoms with Gasteiger partial charge in [-0.25, -0.2) is 4.98 Å².